The van der Waals surface area contributed by atoms with E-state index in [0.29, 0.717) is 25.3 Å². The van der Waals surface area contributed by atoms with E-state index in [1.165, 1.54) is 17.7 Å². The zero-order valence-corrected chi connectivity index (χ0v) is 22.4. The number of hydrogen-bond acceptors (Lipinski definition) is 2. The van der Waals surface area contributed by atoms with Gasteiger partial charge in [0.15, 0.2) is 0 Å². The largest absolute Gasteiger partial charge is 0.354 e. The maximum Gasteiger partial charge on any atom is 0.243 e. The lowest BCUT2D eigenvalue weighted by atomic mass is 9.99. The number of hydrogen-bond donors (Lipinski definition) is 1. The minimum absolute atomic E-state index is 0.0992. The molecule has 0 radical (unpaired) electrons. The molecule has 0 aromatic heterocycles. The fourth-order valence-electron chi connectivity index (χ4n) is 4.23. The van der Waals surface area contributed by atoms with E-state index in [0.717, 1.165) is 16.7 Å². The highest BCUT2D eigenvalue weighted by atomic mass is 19.1. The molecule has 1 unspecified atom stereocenters. The molecular formula is C32H39FN2O2. The van der Waals surface area contributed by atoms with Crippen LogP contribution >= 0.6 is 0 Å². The summed E-state index contributed by atoms with van der Waals surface area (Å²) >= 11 is 0. The summed E-state index contributed by atoms with van der Waals surface area (Å²) in [5, 5.41) is 3.03. The Kier molecular flexibility index (Phi) is 10.4. The number of carbonyl (C=O) groups is 2. The minimum atomic E-state index is -0.679. The summed E-state index contributed by atoms with van der Waals surface area (Å²) in [5.74, 6) is 0.135. The molecule has 0 aliphatic carbocycles. The molecule has 1 atom stereocenters. The van der Waals surface area contributed by atoms with Crippen LogP contribution in [-0.2, 0) is 29.0 Å². The average molecular weight is 503 g/mol. The first-order chi connectivity index (χ1) is 17.7. The van der Waals surface area contributed by atoms with Crippen molar-refractivity contribution in [2.75, 3.05) is 6.54 Å². The molecule has 0 heterocycles. The predicted molar refractivity (Wildman–Crippen MR) is 148 cm³/mol. The fraction of sp³-hybridized carbons (Fsp3) is 0.375. The van der Waals surface area contributed by atoms with Crippen molar-refractivity contribution in [3.63, 3.8) is 0 Å². The van der Waals surface area contributed by atoms with Crippen molar-refractivity contribution in [2.24, 2.45) is 5.92 Å². The molecule has 3 aromatic carbocycles. The van der Waals surface area contributed by atoms with E-state index in [2.05, 4.69) is 43.4 Å². The second kappa shape index (κ2) is 13.7. The van der Waals surface area contributed by atoms with Crippen LogP contribution in [0, 0.1) is 11.7 Å². The zero-order valence-electron chi connectivity index (χ0n) is 22.4. The lowest BCUT2D eigenvalue weighted by Gasteiger charge is -2.32. The highest BCUT2D eigenvalue weighted by Gasteiger charge is 2.30. The maximum atomic E-state index is 13.7. The number of carbonyl (C=O) groups excluding carboxylic acids is 2. The molecule has 0 saturated carbocycles. The SMILES string of the molecule is CC(C)CNC(=O)C(Cc1ccccc1)N(Cc1ccc(F)cc1)C(=O)CCc1ccc(C(C)C)cc1. The second-order valence-corrected chi connectivity index (χ2v) is 10.4. The Hall–Kier alpha value is -3.47. The Balaban J connectivity index is 1.86. The van der Waals surface area contributed by atoms with Crippen LogP contribution in [0.25, 0.3) is 0 Å². The van der Waals surface area contributed by atoms with Crippen molar-refractivity contribution in [3.05, 3.63) is 107 Å². The quantitative estimate of drug-likeness (QED) is 0.316. The van der Waals surface area contributed by atoms with Crippen LogP contribution in [0.4, 0.5) is 4.39 Å². The number of halogens is 1. The van der Waals surface area contributed by atoms with Crippen LogP contribution in [0.3, 0.4) is 0 Å². The summed E-state index contributed by atoms with van der Waals surface area (Å²) in [6.45, 7) is 9.16. The van der Waals surface area contributed by atoms with E-state index in [1.54, 1.807) is 17.0 Å². The molecule has 2 amide bonds. The molecule has 0 spiro atoms. The molecule has 3 aromatic rings. The van der Waals surface area contributed by atoms with Crippen molar-refractivity contribution >= 4 is 11.8 Å². The van der Waals surface area contributed by atoms with E-state index in [4.69, 9.17) is 0 Å². The molecule has 0 bridgehead atoms. The van der Waals surface area contributed by atoms with Crippen molar-refractivity contribution in [3.8, 4) is 0 Å². The van der Waals surface area contributed by atoms with E-state index in [1.807, 2.05) is 44.2 Å². The molecule has 0 aliphatic heterocycles. The molecular weight excluding hydrogens is 463 g/mol. The smallest absolute Gasteiger partial charge is 0.243 e. The van der Waals surface area contributed by atoms with E-state index < -0.39 is 6.04 Å². The summed E-state index contributed by atoms with van der Waals surface area (Å²) in [6.07, 6.45) is 1.27. The van der Waals surface area contributed by atoms with Gasteiger partial charge in [-0.25, -0.2) is 4.39 Å². The first-order valence-electron chi connectivity index (χ1n) is 13.2. The lowest BCUT2D eigenvalue weighted by molar-refractivity contribution is -0.141. The molecule has 0 aliphatic rings. The summed E-state index contributed by atoms with van der Waals surface area (Å²) < 4.78 is 13.6. The van der Waals surface area contributed by atoms with Crippen molar-refractivity contribution in [2.45, 2.75) is 65.5 Å². The number of amides is 2. The minimum Gasteiger partial charge on any atom is -0.354 e. The third-order valence-corrected chi connectivity index (χ3v) is 6.50. The summed E-state index contributed by atoms with van der Waals surface area (Å²) in [5.41, 5.74) is 4.11. The summed E-state index contributed by atoms with van der Waals surface area (Å²) in [7, 11) is 0. The topological polar surface area (TPSA) is 49.4 Å². The van der Waals surface area contributed by atoms with Crippen LogP contribution in [0.5, 0.6) is 0 Å². The van der Waals surface area contributed by atoms with Gasteiger partial charge in [-0.2, -0.15) is 0 Å². The molecule has 5 heteroatoms. The maximum absolute atomic E-state index is 13.7. The van der Waals surface area contributed by atoms with E-state index >= 15 is 0 Å². The van der Waals surface area contributed by atoms with Gasteiger partial charge in [-0.05, 0) is 52.6 Å². The molecule has 0 saturated heterocycles. The number of nitrogens with one attached hydrogen (secondary N) is 1. The van der Waals surface area contributed by atoms with Gasteiger partial charge in [0.25, 0.3) is 0 Å². The molecule has 196 valence electrons. The molecule has 4 nitrogen and oxygen atoms in total. The van der Waals surface area contributed by atoms with Crippen LogP contribution < -0.4 is 5.32 Å². The number of aryl methyl sites for hydroxylation is 1. The summed E-state index contributed by atoms with van der Waals surface area (Å²) in [4.78, 5) is 28.8. The van der Waals surface area contributed by atoms with Gasteiger partial charge in [0.1, 0.15) is 11.9 Å². The van der Waals surface area contributed by atoms with Crippen LogP contribution in [0.1, 0.15) is 62.3 Å². The monoisotopic (exact) mass is 502 g/mol. The molecule has 37 heavy (non-hydrogen) atoms. The van der Waals surface area contributed by atoms with Gasteiger partial charge in [-0.1, -0.05) is 94.4 Å². The fourth-order valence-corrected chi connectivity index (χ4v) is 4.23. The molecule has 3 rings (SSSR count). The van der Waals surface area contributed by atoms with E-state index in [-0.39, 0.29) is 36.5 Å². The van der Waals surface area contributed by atoms with Gasteiger partial charge < -0.3 is 10.2 Å². The number of benzene rings is 3. The normalized spacial score (nSPS) is 12.0. The first kappa shape index (κ1) is 28.1. The highest BCUT2D eigenvalue weighted by Crippen LogP contribution is 2.19. The second-order valence-electron chi connectivity index (χ2n) is 10.4. The summed E-state index contributed by atoms with van der Waals surface area (Å²) in [6, 6.07) is 23.6. The van der Waals surface area contributed by atoms with Gasteiger partial charge in [0, 0.05) is 25.9 Å². The Morgan fingerprint density at radius 3 is 2.03 bits per heavy atom. The van der Waals surface area contributed by atoms with Gasteiger partial charge in [0.05, 0.1) is 0 Å². The Morgan fingerprint density at radius 1 is 0.811 bits per heavy atom. The van der Waals surface area contributed by atoms with Crippen molar-refractivity contribution < 1.29 is 14.0 Å². The van der Waals surface area contributed by atoms with Gasteiger partial charge in [0.2, 0.25) is 11.8 Å². The molecule has 0 fully saturated rings. The lowest BCUT2D eigenvalue weighted by Crippen LogP contribution is -2.51. The van der Waals surface area contributed by atoms with Crippen LogP contribution in [0.2, 0.25) is 0 Å². The standard InChI is InChI=1S/C32H39FN2O2/c1-23(2)21-34-32(37)30(20-26-8-6-5-7-9-26)35(22-27-12-17-29(33)18-13-27)31(36)19-14-25-10-15-28(16-11-25)24(3)4/h5-13,15-18,23-24,30H,14,19-22H2,1-4H3,(H,34,37). The highest BCUT2D eigenvalue weighted by molar-refractivity contribution is 5.88. The van der Waals surface area contributed by atoms with E-state index in [9.17, 15) is 14.0 Å². The average Bonchev–Trinajstić information content (AvgIpc) is 2.89. The Morgan fingerprint density at radius 2 is 1.43 bits per heavy atom. The number of rotatable bonds is 12. The van der Waals surface area contributed by atoms with Crippen molar-refractivity contribution in [1.82, 2.24) is 10.2 Å². The van der Waals surface area contributed by atoms with Crippen molar-refractivity contribution in [1.29, 1.82) is 0 Å². The zero-order chi connectivity index (χ0) is 26.8. The third kappa shape index (κ3) is 8.85. The van der Waals surface area contributed by atoms with Gasteiger partial charge >= 0.3 is 0 Å². The van der Waals surface area contributed by atoms with Gasteiger partial charge in [-0.15, -0.1) is 0 Å². The van der Waals surface area contributed by atoms with Crippen LogP contribution in [0.15, 0.2) is 78.9 Å². The Labute approximate surface area is 220 Å². The Bertz CT molecular complexity index is 1130. The first-order valence-corrected chi connectivity index (χ1v) is 13.2. The molecule has 1 N–H and O–H groups in total. The third-order valence-electron chi connectivity index (χ3n) is 6.50. The van der Waals surface area contributed by atoms with Crippen LogP contribution in [-0.4, -0.2) is 29.3 Å². The number of nitrogens with zero attached hydrogens (tertiary/aromatic N) is 1. The van der Waals surface area contributed by atoms with Gasteiger partial charge in [-0.3, -0.25) is 9.59 Å². The predicted octanol–water partition coefficient (Wildman–Crippen LogP) is 6.29.